The molecule has 104 valence electrons. The van der Waals surface area contributed by atoms with Crippen LogP contribution in [0.1, 0.15) is 44.2 Å². The van der Waals surface area contributed by atoms with Crippen molar-refractivity contribution in [1.29, 1.82) is 0 Å². The number of benzene rings is 1. The molecule has 0 amide bonds. The minimum absolute atomic E-state index is 0.132. The first-order chi connectivity index (χ1) is 9.30. The lowest BCUT2D eigenvalue weighted by Crippen LogP contribution is -2.23. The number of hydrogen-bond acceptors (Lipinski definition) is 2. The second-order valence-electron chi connectivity index (χ2n) is 4.70. The van der Waals surface area contributed by atoms with Gasteiger partial charge in [-0.2, -0.15) is 0 Å². The van der Waals surface area contributed by atoms with Crippen LogP contribution in [0.15, 0.2) is 24.3 Å². The van der Waals surface area contributed by atoms with E-state index in [4.69, 9.17) is 5.11 Å². The standard InChI is InChI=1S/C17H25NO/c1-3-5-12-18(4-2)15-17-11-8-10-16(14-17)9-6-7-13-19/h8,10-11,14,19H,3-5,7,12-13,15H2,1-2H3. The molecule has 2 heteroatoms. The van der Waals surface area contributed by atoms with E-state index in [2.05, 4.69) is 48.8 Å². The molecule has 0 aliphatic rings. The van der Waals surface area contributed by atoms with Crippen molar-refractivity contribution in [2.45, 2.75) is 39.7 Å². The van der Waals surface area contributed by atoms with Crippen molar-refractivity contribution in [2.24, 2.45) is 0 Å². The predicted octanol–water partition coefficient (Wildman–Crippen LogP) is 3.04. The molecule has 0 heterocycles. The van der Waals surface area contributed by atoms with Crippen molar-refractivity contribution in [3.8, 4) is 11.8 Å². The Balaban J connectivity index is 2.63. The summed E-state index contributed by atoms with van der Waals surface area (Å²) in [6.07, 6.45) is 3.04. The van der Waals surface area contributed by atoms with E-state index in [1.807, 2.05) is 6.07 Å². The van der Waals surface area contributed by atoms with Gasteiger partial charge in [0.15, 0.2) is 0 Å². The van der Waals surface area contributed by atoms with Crippen LogP contribution in [-0.4, -0.2) is 29.7 Å². The largest absolute Gasteiger partial charge is 0.395 e. The summed E-state index contributed by atoms with van der Waals surface area (Å²) < 4.78 is 0. The van der Waals surface area contributed by atoms with Gasteiger partial charge in [-0.1, -0.05) is 44.2 Å². The van der Waals surface area contributed by atoms with Crippen LogP contribution < -0.4 is 0 Å². The second kappa shape index (κ2) is 9.61. The van der Waals surface area contributed by atoms with Gasteiger partial charge in [0.05, 0.1) is 6.61 Å². The molecule has 0 aliphatic heterocycles. The van der Waals surface area contributed by atoms with Crippen molar-refractivity contribution in [3.05, 3.63) is 35.4 Å². The number of aliphatic hydroxyl groups excluding tert-OH is 1. The summed E-state index contributed by atoms with van der Waals surface area (Å²) in [7, 11) is 0. The first kappa shape index (κ1) is 15.8. The summed E-state index contributed by atoms with van der Waals surface area (Å²) in [5.74, 6) is 6.06. The summed E-state index contributed by atoms with van der Waals surface area (Å²) >= 11 is 0. The minimum atomic E-state index is 0.132. The Labute approximate surface area is 117 Å². The van der Waals surface area contributed by atoms with Crippen LogP contribution in [0.25, 0.3) is 0 Å². The monoisotopic (exact) mass is 259 g/mol. The molecule has 0 saturated heterocycles. The maximum atomic E-state index is 8.72. The second-order valence-corrected chi connectivity index (χ2v) is 4.70. The van der Waals surface area contributed by atoms with E-state index in [0.717, 1.165) is 25.2 Å². The van der Waals surface area contributed by atoms with Crippen LogP contribution in [0, 0.1) is 11.8 Å². The third kappa shape index (κ3) is 6.42. The Morgan fingerprint density at radius 3 is 2.79 bits per heavy atom. The van der Waals surface area contributed by atoms with Gasteiger partial charge in [-0.05, 0) is 37.2 Å². The van der Waals surface area contributed by atoms with Gasteiger partial charge in [0.25, 0.3) is 0 Å². The molecule has 0 bridgehead atoms. The van der Waals surface area contributed by atoms with Gasteiger partial charge in [-0.25, -0.2) is 0 Å². The van der Waals surface area contributed by atoms with E-state index in [1.165, 1.54) is 18.4 Å². The first-order valence-electron chi connectivity index (χ1n) is 7.21. The lowest BCUT2D eigenvalue weighted by Gasteiger charge is -2.20. The Bertz CT molecular complexity index is 417. The number of unbranched alkanes of at least 4 members (excludes halogenated alkanes) is 1. The topological polar surface area (TPSA) is 23.5 Å². The van der Waals surface area contributed by atoms with Gasteiger partial charge in [-0.3, -0.25) is 4.90 Å². The molecule has 0 radical (unpaired) electrons. The molecule has 0 saturated carbocycles. The SMILES string of the molecule is CCCCN(CC)Cc1cccc(C#CCCO)c1. The highest BCUT2D eigenvalue weighted by Crippen LogP contribution is 2.08. The Hall–Kier alpha value is -1.30. The fourth-order valence-corrected chi connectivity index (χ4v) is 1.96. The summed E-state index contributed by atoms with van der Waals surface area (Å²) in [6.45, 7) is 7.80. The smallest absolute Gasteiger partial charge is 0.0540 e. The molecule has 0 fully saturated rings. The molecule has 1 aromatic carbocycles. The average Bonchev–Trinajstić information content (AvgIpc) is 2.44. The maximum Gasteiger partial charge on any atom is 0.0540 e. The van der Waals surface area contributed by atoms with Crippen molar-refractivity contribution in [1.82, 2.24) is 4.90 Å². The lowest BCUT2D eigenvalue weighted by molar-refractivity contribution is 0.275. The van der Waals surface area contributed by atoms with Crippen LogP contribution in [0.2, 0.25) is 0 Å². The number of hydrogen-bond donors (Lipinski definition) is 1. The highest BCUT2D eigenvalue weighted by Gasteiger charge is 2.03. The normalized spacial score (nSPS) is 10.3. The summed E-state index contributed by atoms with van der Waals surface area (Å²) in [6, 6.07) is 8.40. The molecular formula is C17H25NO. The zero-order chi connectivity index (χ0) is 13.9. The molecule has 1 rings (SSSR count). The Morgan fingerprint density at radius 2 is 2.11 bits per heavy atom. The molecule has 19 heavy (non-hydrogen) atoms. The Kier molecular flexibility index (Phi) is 7.97. The average molecular weight is 259 g/mol. The van der Waals surface area contributed by atoms with Crippen LogP contribution in [-0.2, 0) is 6.54 Å². The minimum Gasteiger partial charge on any atom is -0.395 e. The summed E-state index contributed by atoms with van der Waals surface area (Å²) in [5.41, 5.74) is 2.35. The third-order valence-corrected chi connectivity index (χ3v) is 3.08. The van der Waals surface area contributed by atoms with Crippen LogP contribution >= 0.6 is 0 Å². The fourth-order valence-electron chi connectivity index (χ4n) is 1.96. The molecule has 1 N–H and O–H groups in total. The quantitative estimate of drug-likeness (QED) is 0.761. The number of aliphatic hydroxyl groups is 1. The van der Waals surface area contributed by atoms with Gasteiger partial charge < -0.3 is 5.11 Å². The van der Waals surface area contributed by atoms with E-state index < -0.39 is 0 Å². The van der Waals surface area contributed by atoms with E-state index in [9.17, 15) is 0 Å². The van der Waals surface area contributed by atoms with E-state index in [-0.39, 0.29) is 6.61 Å². The molecular weight excluding hydrogens is 234 g/mol. The molecule has 1 aromatic rings. The Morgan fingerprint density at radius 1 is 1.26 bits per heavy atom. The van der Waals surface area contributed by atoms with Gasteiger partial charge in [0, 0.05) is 18.5 Å². The zero-order valence-electron chi connectivity index (χ0n) is 12.2. The molecule has 0 aromatic heterocycles. The van der Waals surface area contributed by atoms with Crippen molar-refractivity contribution >= 4 is 0 Å². The van der Waals surface area contributed by atoms with E-state index >= 15 is 0 Å². The van der Waals surface area contributed by atoms with E-state index in [1.54, 1.807) is 0 Å². The predicted molar refractivity (Wildman–Crippen MR) is 80.9 cm³/mol. The van der Waals surface area contributed by atoms with Crippen molar-refractivity contribution < 1.29 is 5.11 Å². The maximum absolute atomic E-state index is 8.72. The third-order valence-electron chi connectivity index (χ3n) is 3.08. The lowest BCUT2D eigenvalue weighted by atomic mass is 10.1. The van der Waals surface area contributed by atoms with Gasteiger partial charge >= 0.3 is 0 Å². The fraction of sp³-hybridized carbons (Fsp3) is 0.529. The summed E-state index contributed by atoms with van der Waals surface area (Å²) in [5, 5.41) is 8.72. The number of rotatable bonds is 7. The van der Waals surface area contributed by atoms with Crippen LogP contribution in [0.4, 0.5) is 0 Å². The molecule has 0 atom stereocenters. The van der Waals surface area contributed by atoms with Crippen molar-refractivity contribution in [2.75, 3.05) is 19.7 Å². The molecule has 0 spiro atoms. The van der Waals surface area contributed by atoms with Crippen molar-refractivity contribution in [3.63, 3.8) is 0 Å². The van der Waals surface area contributed by atoms with Crippen LogP contribution in [0.3, 0.4) is 0 Å². The van der Waals surface area contributed by atoms with Crippen LogP contribution in [0.5, 0.6) is 0 Å². The first-order valence-corrected chi connectivity index (χ1v) is 7.21. The van der Waals surface area contributed by atoms with E-state index in [0.29, 0.717) is 6.42 Å². The van der Waals surface area contributed by atoms with Gasteiger partial charge in [0.1, 0.15) is 0 Å². The summed E-state index contributed by atoms with van der Waals surface area (Å²) in [4.78, 5) is 2.46. The molecule has 0 aliphatic carbocycles. The highest BCUT2D eigenvalue weighted by atomic mass is 16.2. The zero-order valence-corrected chi connectivity index (χ0v) is 12.2. The van der Waals surface area contributed by atoms with Gasteiger partial charge in [-0.15, -0.1) is 0 Å². The molecule has 2 nitrogen and oxygen atoms in total. The molecule has 0 unspecified atom stereocenters. The highest BCUT2D eigenvalue weighted by molar-refractivity contribution is 5.37. The van der Waals surface area contributed by atoms with Gasteiger partial charge in [0.2, 0.25) is 0 Å². The number of nitrogens with zero attached hydrogens (tertiary/aromatic N) is 1.